The van der Waals surface area contributed by atoms with Crippen molar-refractivity contribution < 1.29 is 19.1 Å². The van der Waals surface area contributed by atoms with Crippen molar-refractivity contribution in [1.29, 1.82) is 0 Å². The van der Waals surface area contributed by atoms with Gasteiger partial charge >= 0.3 is 5.97 Å². The molecule has 0 fully saturated rings. The second kappa shape index (κ2) is 7.93. The number of hydrogen-bond donors (Lipinski definition) is 2. The molecular formula is C14H18N2O4. The highest BCUT2D eigenvalue weighted by molar-refractivity contribution is 5.96. The van der Waals surface area contributed by atoms with Gasteiger partial charge in [-0.05, 0) is 24.6 Å². The molecule has 108 valence electrons. The van der Waals surface area contributed by atoms with Gasteiger partial charge in [0.25, 0.3) is 0 Å². The van der Waals surface area contributed by atoms with Crippen molar-refractivity contribution in [2.45, 2.75) is 19.8 Å². The molecule has 6 nitrogen and oxygen atoms in total. The Balaban J connectivity index is 2.53. The van der Waals surface area contributed by atoms with Crippen LogP contribution in [0.15, 0.2) is 24.3 Å². The van der Waals surface area contributed by atoms with Gasteiger partial charge in [-0.2, -0.15) is 0 Å². The fraction of sp³-hybridized carbons (Fsp3) is 0.357. The smallest absolute Gasteiger partial charge is 0.337 e. The van der Waals surface area contributed by atoms with E-state index in [0.717, 1.165) is 6.42 Å². The number of nitrogens with one attached hydrogen (secondary N) is 2. The molecule has 0 aliphatic rings. The van der Waals surface area contributed by atoms with Crippen molar-refractivity contribution in [2.24, 2.45) is 0 Å². The van der Waals surface area contributed by atoms with Crippen molar-refractivity contribution in [3.05, 3.63) is 29.8 Å². The molecular weight excluding hydrogens is 260 g/mol. The number of carbonyl (C=O) groups is 3. The molecule has 0 heterocycles. The minimum absolute atomic E-state index is 0.0959. The van der Waals surface area contributed by atoms with E-state index in [1.54, 1.807) is 18.2 Å². The lowest BCUT2D eigenvalue weighted by atomic mass is 10.2. The molecule has 1 rings (SSSR count). The fourth-order valence-corrected chi connectivity index (χ4v) is 1.54. The molecule has 2 N–H and O–H groups in total. The minimum Gasteiger partial charge on any atom is -0.465 e. The van der Waals surface area contributed by atoms with Crippen molar-refractivity contribution in [2.75, 3.05) is 19.0 Å². The predicted octanol–water partition coefficient (Wildman–Crippen LogP) is 1.33. The van der Waals surface area contributed by atoms with E-state index in [4.69, 9.17) is 0 Å². The third-order valence-electron chi connectivity index (χ3n) is 2.49. The maximum Gasteiger partial charge on any atom is 0.337 e. The largest absolute Gasteiger partial charge is 0.465 e. The first-order chi connectivity index (χ1) is 9.56. The van der Waals surface area contributed by atoms with E-state index in [-0.39, 0.29) is 18.4 Å². The molecule has 0 saturated heterocycles. The van der Waals surface area contributed by atoms with Crippen LogP contribution in [0.5, 0.6) is 0 Å². The molecule has 0 unspecified atom stereocenters. The number of amides is 2. The molecule has 1 aromatic carbocycles. The minimum atomic E-state index is -0.475. The van der Waals surface area contributed by atoms with E-state index in [0.29, 0.717) is 17.7 Å². The van der Waals surface area contributed by atoms with Gasteiger partial charge in [0.2, 0.25) is 11.8 Å². The van der Waals surface area contributed by atoms with Gasteiger partial charge in [0.15, 0.2) is 0 Å². The number of esters is 1. The van der Waals surface area contributed by atoms with Gasteiger partial charge in [-0.3, -0.25) is 9.59 Å². The molecule has 0 aliphatic heterocycles. The number of carbonyl (C=O) groups excluding carboxylic acids is 3. The Morgan fingerprint density at radius 1 is 1.20 bits per heavy atom. The third kappa shape index (κ3) is 5.09. The van der Waals surface area contributed by atoms with Gasteiger partial charge in [0.1, 0.15) is 0 Å². The van der Waals surface area contributed by atoms with Crippen LogP contribution < -0.4 is 10.6 Å². The average Bonchev–Trinajstić information content (AvgIpc) is 2.45. The van der Waals surface area contributed by atoms with Crippen LogP contribution in [0.1, 0.15) is 30.1 Å². The molecule has 0 radical (unpaired) electrons. The van der Waals surface area contributed by atoms with Crippen LogP contribution in [0.2, 0.25) is 0 Å². The summed E-state index contributed by atoms with van der Waals surface area (Å²) in [6.45, 7) is 1.79. The molecule has 0 bridgehead atoms. The first-order valence-electron chi connectivity index (χ1n) is 6.31. The van der Waals surface area contributed by atoms with Crippen LogP contribution in [0.4, 0.5) is 5.69 Å². The number of methoxy groups -OCH3 is 1. The average molecular weight is 278 g/mol. The Hall–Kier alpha value is -2.37. The molecule has 0 saturated carbocycles. The normalized spacial score (nSPS) is 9.70. The maximum absolute atomic E-state index is 11.6. The second-order valence-corrected chi connectivity index (χ2v) is 4.15. The topological polar surface area (TPSA) is 84.5 Å². The summed E-state index contributed by atoms with van der Waals surface area (Å²) in [5, 5.41) is 5.11. The zero-order chi connectivity index (χ0) is 15.0. The zero-order valence-corrected chi connectivity index (χ0v) is 11.6. The van der Waals surface area contributed by atoms with Crippen molar-refractivity contribution >= 4 is 23.5 Å². The molecule has 0 atom stereocenters. The summed E-state index contributed by atoms with van der Waals surface area (Å²) >= 11 is 0. The van der Waals surface area contributed by atoms with Gasteiger partial charge < -0.3 is 15.4 Å². The van der Waals surface area contributed by atoms with Crippen LogP contribution in [0.3, 0.4) is 0 Å². The Morgan fingerprint density at radius 2 is 1.95 bits per heavy atom. The first kappa shape index (κ1) is 15.7. The number of hydrogen-bond acceptors (Lipinski definition) is 4. The van der Waals surface area contributed by atoms with E-state index < -0.39 is 5.97 Å². The van der Waals surface area contributed by atoms with E-state index in [1.165, 1.54) is 13.2 Å². The number of rotatable bonds is 6. The second-order valence-electron chi connectivity index (χ2n) is 4.15. The Kier molecular flexibility index (Phi) is 6.22. The third-order valence-corrected chi connectivity index (χ3v) is 2.49. The SMILES string of the molecule is CCCC(=O)NCC(=O)Nc1cccc(C(=O)OC)c1. The zero-order valence-electron chi connectivity index (χ0n) is 11.6. The molecule has 6 heteroatoms. The van der Waals surface area contributed by atoms with E-state index in [2.05, 4.69) is 15.4 Å². The van der Waals surface area contributed by atoms with Crippen molar-refractivity contribution in [3.63, 3.8) is 0 Å². The summed E-state index contributed by atoms with van der Waals surface area (Å²) in [6, 6.07) is 6.39. The van der Waals surface area contributed by atoms with Gasteiger partial charge in [-0.15, -0.1) is 0 Å². The first-order valence-corrected chi connectivity index (χ1v) is 6.31. The molecule has 0 aliphatic carbocycles. The van der Waals surface area contributed by atoms with Crippen molar-refractivity contribution in [1.82, 2.24) is 5.32 Å². The highest BCUT2D eigenvalue weighted by Gasteiger charge is 2.08. The summed E-state index contributed by atoms with van der Waals surface area (Å²) in [7, 11) is 1.29. The monoisotopic (exact) mass is 278 g/mol. The van der Waals surface area contributed by atoms with Crippen LogP contribution in [-0.2, 0) is 14.3 Å². The highest BCUT2D eigenvalue weighted by atomic mass is 16.5. The lowest BCUT2D eigenvalue weighted by molar-refractivity contribution is -0.124. The molecule has 0 aromatic heterocycles. The lowest BCUT2D eigenvalue weighted by Gasteiger charge is -2.07. The van der Waals surface area contributed by atoms with Gasteiger partial charge in [0, 0.05) is 12.1 Å². The summed E-state index contributed by atoms with van der Waals surface area (Å²) in [6.07, 6.45) is 1.12. The molecule has 2 amide bonds. The van der Waals surface area contributed by atoms with Crippen LogP contribution in [-0.4, -0.2) is 31.4 Å². The van der Waals surface area contributed by atoms with Crippen LogP contribution >= 0.6 is 0 Å². The number of ether oxygens (including phenoxy) is 1. The highest BCUT2D eigenvalue weighted by Crippen LogP contribution is 2.11. The van der Waals surface area contributed by atoms with E-state index in [1.807, 2.05) is 6.92 Å². The summed E-state index contributed by atoms with van der Waals surface area (Å²) in [5.74, 6) is -0.986. The Bertz CT molecular complexity index is 500. The lowest BCUT2D eigenvalue weighted by Crippen LogP contribution is -2.32. The van der Waals surface area contributed by atoms with E-state index in [9.17, 15) is 14.4 Å². The quantitative estimate of drug-likeness (QED) is 0.769. The van der Waals surface area contributed by atoms with Crippen LogP contribution in [0, 0.1) is 0 Å². The summed E-state index contributed by atoms with van der Waals surface area (Å²) in [5.41, 5.74) is 0.822. The summed E-state index contributed by atoms with van der Waals surface area (Å²) < 4.78 is 4.59. The summed E-state index contributed by atoms with van der Waals surface area (Å²) in [4.78, 5) is 34.2. The standard InChI is InChI=1S/C14H18N2O4/c1-3-5-12(17)15-9-13(18)16-11-7-4-6-10(8-11)14(19)20-2/h4,6-8H,3,5,9H2,1-2H3,(H,15,17)(H,16,18). The number of benzene rings is 1. The molecule has 0 spiro atoms. The van der Waals surface area contributed by atoms with Crippen LogP contribution in [0.25, 0.3) is 0 Å². The Labute approximate surface area is 117 Å². The predicted molar refractivity (Wildman–Crippen MR) is 74.3 cm³/mol. The van der Waals surface area contributed by atoms with Gasteiger partial charge in [-0.25, -0.2) is 4.79 Å². The molecule has 1 aromatic rings. The van der Waals surface area contributed by atoms with Gasteiger partial charge in [0.05, 0.1) is 19.2 Å². The van der Waals surface area contributed by atoms with E-state index >= 15 is 0 Å². The van der Waals surface area contributed by atoms with Crippen molar-refractivity contribution in [3.8, 4) is 0 Å². The molecule has 20 heavy (non-hydrogen) atoms. The maximum atomic E-state index is 11.6. The van der Waals surface area contributed by atoms with Gasteiger partial charge in [-0.1, -0.05) is 13.0 Å². The Morgan fingerprint density at radius 3 is 2.60 bits per heavy atom. The fourth-order valence-electron chi connectivity index (χ4n) is 1.54. The number of anilines is 1.